The zero-order valence-corrected chi connectivity index (χ0v) is 17.1. The van der Waals surface area contributed by atoms with Gasteiger partial charge in [0.2, 0.25) is 0 Å². The SMILES string of the molecule is CN=C(NCCCN1CCCN(C)CC1)N1CCS(=O)(=O)C(C)(C)C1. The van der Waals surface area contributed by atoms with E-state index < -0.39 is 14.6 Å². The van der Waals surface area contributed by atoms with Gasteiger partial charge in [0.15, 0.2) is 15.8 Å². The summed E-state index contributed by atoms with van der Waals surface area (Å²) in [5, 5.41) is 3.41. The average Bonchev–Trinajstić information content (AvgIpc) is 2.75. The summed E-state index contributed by atoms with van der Waals surface area (Å²) in [6.45, 7) is 11.2. The summed E-state index contributed by atoms with van der Waals surface area (Å²) in [6, 6.07) is 0. The maximum Gasteiger partial charge on any atom is 0.193 e. The van der Waals surface area contributed by atoms with E-state index in [-0.39, 0.29) is 5.75 Å². The molecule has 0 aliphatic carbocycles. The fourth-order valence-electron chi connectivity index (χ4n) is 3.48. The third-order valence-electron chi connectivity index (χ3n) is 5.30. The van der Waals surface area contributed by atoms with Gasteiger partial charge in [-0.1, -0.05) is 0 Å². The van der Waals surface area contributed by atoms with Crippen molar-refractivity contribution in [1.82, 2.24) is 20.0 Å². The van der Waals surface area contributed by atoms with Crippen molar-refractivity contribution in [3.8, 4) is 0 Å². The molecule has 0 spiro atoms. The highest BCUT2D eigenvalue weighted by molar-refractivity contribution is 7.92. The van der Waals surface area contributed by atoms with Crippen molar-refractivity contribution in [2.45, 2.75) is 31.4 Å². The zero-order valence-electron chi connectivity index (χ0n) is 16.3. The molecule has 0 saturated carbocycles. The first-order chi connectivity index (χ1) is 11.7. The van der Waals surface area contributed by atoms with Gasteiger partial charge in [0, 0.05) is 39.8 Å². The molecule has 2 heterocycles. The van der Waals surface area contributed by atoms with Crippen molar-refractivity contribution in [2.75, 3.05) is 72.2 Å². The summed E-state index contributed by atoms with van der Waals surface area (Å²) in [4.78, 5) is 11.3. The number of hydrogen-bond acceptors (Lipinski definition) is 5. The molecule has 146 valence electrons. The highest BCUT2D eigenvalue weighted by atomic mass is 32.2. The van der Waals surface area contributed by atoms with Gasteiger partial charge in [-0.25, -0.2) is 8.42 Å². The monoisotopic (exact) mass is 373 g/mol. The van der Waals surface area contributed by atoms with Crippen molar-refractivity contribution < 1.29 is 8.42 Å². The van der Waals surface area contributed by atoms with Crippen molar-refractivity contribution >= 4 is 15.8 Å². The van der Waals surface area contributed by atoms with Crippen molar-refractivity contribution in [3.05, 3.63) is 0 Å². The third kappa shape index (κ3) is 5.56. The number of nitrogens with zero attached hydrogens (tertiary/aromatic N) is 4. The maximum absolute atomic E-state index is 12.2. The van der Waals surface area contributed by atoms with Crippen molar-refractivity contribution in [1.29, 1.82) is 0 Å². The van der Waals surface area contributed by atoms with E-state index in [4.69, 9.17) is 0 Å². The molecular formula is C17H35N5O2S. The largest absolute Gasteiger partial charge is 0.356 e. The molecule has 2 fully saturated rings. The Kier molecular flexibility index (Phi) is 7.10. The van der Waals surface area contributed by atoms with Gasteiger partial charge in [-0.2, -0.15) is 0 Å². The summed E-state index contributed by atoms with van der Waals surface area (Å²) >= 11 is 0. The second-order valence-corrected chi connectivity index (χ2v) is 10.6. The lowest BCUT2D eigenvalue weighted by molar-refractivity contribution is 0.273. The Hall–Kier alpha value is -0.860. The van der Waals surface area contributed by atoms with Crippen LogP contribution in [0.15, 0.2) is 4.99 Å². The molecule has 0 amide bonds. The minimum atomic E-state index is -3.02. The Labute approximate surface area is 153 Å². The van der Waals surface area contributed by atoms with Crippen LogP contribution in [0, 0.1) is 0 Å². The van der Waals surface area contributed by atoms with Crippen LogP contribution in [0.5, 0.6) is 0 Å². The van der Waals surface area contributed by atoms with Crippen LogP contribution in [0.2, 0.25) is 0 Å². The Balaban J connectivity index is 1.76. The van der Waals surface area contributed by atoms with E-state index in [9.17, 15) is 8.42 Å². The standard InChI is InChI=1S/C17H35N5O2S/c1-17(2)15-22(13-14-25(17,23)24)16(18-3)19-7-5-9-21-10-6-8-20(4)11-12-21/h5-15H2,1-4H3,(H,18,19). The smallest absolute Gasteiger partial charge is 0.193 e. The molecule has 2 aliphatic heterocycles. The van der Waals surface area contributed by atoms with E-state index in [1.807, 2.05) is 0 Å². The number of hydrogen-bond donors (Lipinski definition) is 1. The molecule has 0 bridgehead atoms. The van der Waals surface area contributed by atoms with E-state index in [1.54, 1.807) is 20.9 Å². The first-order valence-corrected chi connectivity index (χ1v) is 11.0. The second-order valence-electron chi connectivity index (χ2n) is 7.83. The normalized spacial score (nSPS) is 25.6. The Morgan fingerprint density at radius 1 is 1.16 bits per heavy atom. The fraction of sp³-hybridized carbons (Fsp3) is 0.941. The molecule has 0 radical (unpaired) electrons. The van der Waals surface area contributed by atoms with Crippen LogP contribution in [-0.2, 0) is 9.84 Å². The van der Waals surface area contributed by atoms with Crippen LogP contribution in [0.25, 0.3) is 0 Å². The predicted molar refractivity (Wildman–Crippen MR) is 104 cm³/mol. The number of nitrogens with one attached hydrogen (secondary N) is 1. The number of guanidine groups is 1. The maximum atomic E-state index is 12.2. The van der Waals surface area contributed by atoms with Crippen LogP contribution >= 0.6 is 0 Å². The van der Waals surface area contributed by atoms with E-state index >= 15 is 0 Å². The van der Waals surface area contributed by atoms with Gasteiger partial charge in [-0.05, 0) is 53.4 Å². The number of likely N-dealkylation sites (N-methyl/N-ethyl adjacent to an activating group) is 1. The molecule has 0 unspecified atom stereocenters. The minimum Gasteiger partial charge on any atom is -0.356 e. The highest BCUT2D eigenvalue weighted by Gasteiger charge is 2.40. The van der Waals surface area contributed by atoms with E-state index in [0.717, 1.165) is 38.6 Å². The number of sulfone groups is 1. The molecule has 0 atom stereocenters. The van der Waals surface area contributed by atoms with Gasteiger partial charge in [0.1, 0.15) is 0 Å². The first kappa shape index (κ1) is 20.5. The lowest BCUT2D eigenvalue weighted by Crippen LogP contribution is -2.57. The quantitative estimate of drug-likeness (QED) is 0.428. The van der Waals surface area contributed by atoms with Gasteiger partial charge in [-0.15, -0.1) is 0 Å². The lowest BCUT2D eigenvalue weighted by Gasteiger charge is -2.39. The summed E-state index contributed by atoms with van der Waals surface area (Å²) in [5.74, 6) is 1.01. The minimum absolute atomic E-state index is 0.196. The molecule has 2 aliphatic rings. The molecule has 8 heteroatoms. The third-order valence-corrected chi connectivity index (χ3v) is 7.83. The average molecular weight is 374 g/mol. The summed E-state index contributed by atoms with van der Waals surface area (Å²) < 4.78 is 23.6. The molecular weight excluding hydrogens is 338 g/mol. The van der Waals surface area contributed by atoms with Gasteiger partial charge in [0.25, 0.3) is 0 Å². The summed E-state index contributed by atoms with van der Waals surface area (Å²) in [5.41, 5.74) is 0. The molecule has 2 rings (SSSR count). The molecule has 0 aromatic heterocycles. The highest BCUT2D eigenvalue weighted by Crippen LogP contribution is 2.23. The Morgan fingerprint density at radius 2 is 1.92 bits per heavy atom. The van der Waals surface area contributed by atoms with Crippen molar-refractivity contribution in [2.24, 2.45) is 4.99 Å². The van der Waals surface area contributed by atoms with Gasteiger partial charge < -0.3 is 20.0 Å². The first-order valence-electron chi connectivity index (χ1n) is 9.34. The van der Waals surface area contributed by atoms with Crippen LogP contribution in [0.3, 0.4) is 0 Å². The van der Waals surface area contributed by atoms with E-state index in [2.05, 4.69) is 32.1 Å². The van der Waals surface area contributed by atoms with Crippen LogP contribution < -0.4 is 5.32 Å². The van der Waals surface area contributed by atoms with Crippen LogP contribution in [0.4, 0.5) is 0 Å². The van der Waals surface area contributed by atoms with Gasteiger partial charge >= 0.3 is 0 Å². The summed E-state index contributed by atoms with van der Waals surface area (Å²) in [6.07, 6.45) is 2.31. The number of aliphatic imine (C=N–C) groups is 1. The molecule has 2 saturated heterocycles. The molecule has 1 N–H and O–H groups in total. The second kappa shape index (κ2) is 8.68. The number of rotatable bonds is 4. The van der Waals surface area contributed by atoms with Crippen LogP contribution in [0.1, 0.15) is 26.7 Å². The van der Waals surface area contributed by atoms with E-state index in [0.29, 0.717) is 13.1 Å². The van der Waals surface area contributed by atoms with E-state index in [1.165, 1.54) is 19.5 Å². The Bertz CT molecular complexity index is 561. The topological polar surface area (TPSA) is 68.2 Å². The van der Waals surface area contributed by atoms with Gasteiger partial charge in [0.05, 0.1) is 10.5 Å². The lowest BCUT2D eigenvalue weighted by atomic mass is 10.2. The molecule has 7 nitrogen and oxygen atoms in total. The Morgan fingerprint density at radius 3 is 2.60 bits per heavy atom. The predicted octanol–water partition coefficient (Wildman–Crippen LogP) is 0.0984. The fourth-order valence-corrected chi connectivity index (χ4v) is 4.85. The summed E-state index contributed by atoms with van der Waals surface area (Å²) in [7, 11) is 0.938. The van der Waals surface area contributed by atoms with Crippen molar-refractivity contribution in [3.63, 3.8) is 0 Å². The van der Waals surface area contributed by atoms with Gasteiger partial charge in [-0.3, -0.25) is 4.99 Å². The molecule has 0 aromatic carbocycles. The molecule has 0 aromatic rings. The van der Waals surface area contributed by atoms with Crippen LogP contribution in [-0.4, -0.2) is 106 Å². The molecule has 25 heavy (non-hydrogen) atoms. The zero-order chi connectivity index (χ0) is 18.5.